The van der Waals surface area contributed by atoms with Crippen molar-refractivity contribution in [2.24, 2.45) is 0 Å². The molecule has 21 heavy (non-hydrogen) atoms. The third-order valence-electron chi connectivity index (χ3n) is 4.19. The van der Waals surface area contributed by atoms with Crippen LogP contribution in [0.4, 0.5) is 4.39 Å². The molecular formula is C18H20FNO. The minimum Gasteiger partial charge on any atom is -0.361 e. The van der Waals surface area contributed by atoms with E-state index in [0.29, 0.717) is 6.61 Å². The number of ether oxygens (including phenoxy) is 1. The summed E-state index contributed by atoms with van der Waals surface area (Å²) in [6.07, 6.45) is 1.89. The molecule has 0 bridgehead atoms. The largest absolute Gasteiger partial charge is 0.361 e. The average Bonchev–Trinajstić information content (AvgIpc) is 2.89. The average molecular weight is 285 g/mol. The van der Waals surface area contributed by atoms with E-state index in [4.69, 9.17) is 4.74 Å². The van der Waals surface area contributed by atoms with E-state index < -0.39 is 5.60 Å². The second-order valence-electron chi connectivity index (χ2n) is 5.49. The Morgan fingerprint density at radius 1 is 1.14 bits per heavy atom. The smallest absolute Gasteiger partial charge is 0.123 e. The van der Waals surface area contributed by atoms with Crippen molar-refractivity contribution in [1.82, 2.24) is 5.32 Å². The monoisotopic (exact) mass is 285 g/mol. The van der Waals surface area contributed by atoms with Gasteiger partial charge in [0.25, 0.3) is 0 Å². The van der Waals surface area contributed by atoms with Crippen LogP contribution in [0.5, 0.6) is 0 Å². The van der Waals surface area contributed by atoms with Gasteiger partial charge in [-0.05, 0) is 55.3 Å². The first-order valence-electron chi connectivity index (χ1n) is 7.39. The number of fused-ring (bicyclic) bond motifs is 1. The van der Waals surface area contributed by atoms with Gasteiger partial charge in [-0.2, -0.15) is 0 Å². The Labute approximate surface area is 125 Å². The molecule has 2 nitrogen and oxygen atoms in total. The molecule has 1 aliphatic rings. The summed E-state index contributed by atoms with van der Waals surface area (Å²) in [6.45, 7) is 1.56. The first-order valence-corrected chi connectivity index (χ1v) is 7.39. The molecule has 0 spiro atoms. The highest BCUT2D eigenvalue weighted by atomic mass is 19.1. The Bertz CT molecular complexity index is 611. The summed E-state index contributed by atoms with van der Waals surface area (Å²) in [5.74, 6) is -0.213. The lowest BCUT2D eigenvalue weighted by molar-refractivity contribution is -0.0128. The van der Waals surface area contributed by atoms with Gasteiger partial charge >= 0.3 is 0 Å². The van der Waals surface area contributed by atoms with Gasteiger partial charge in [0.15, 0.2) is 0 Å². The molecule has 0 aromatic heterocycles. The molecule has 0 saturated heterocycles. The van der Waals surface area contributed by atoms with Crippen LogP contribution < -0.4 is 5.32 Å². The number of nitrogens with one attached hydrogen (secondary N) is 1. The van der Waals surface area contributed by atoms with Crippen LogP contribution >= 0.6 is 0 Å². The molecule has 0 amide bonds. The van der Waals surface area contributed by atoms with E-state index in [2.05, 4.69) is 17.4 Å². The number of hydrogen-bond donors (Lipinski definition) is 1. The number of hydrogen-bond acceptors (Lipinski definition) is 2. The highest BCUT2D eigenvalue weighted by Crippen LogP contribution is 2.45. The third kappa shape index (κ3) is 2.59. The Morgan fingerprint density at radius 3 is 2.67 bits per heavy atom. The molecule has 1 aliphatic heterocycles. The molecule has 2 aromatic carbocycles. The Balaban J connectivity index is 2.02. The van der Waals surface area contributed by atoms with E-state index >= 15 is 0 Å². The van der Waals surface area contributed by atoms with Crippen LogP contribution in [-0.2, 0) is 16.9 Å². The van der Waals surface area contributed by atoms with Gasteiger partial charge < -0.3 is 10.1 Å². The van der Waals surface area contributed by atoms with Crippen molar-refractivity contribution in [3.8, 4) is 0 Å². The van der Waals surface area contributed by atoms with Crippen molar-refractivity contribution in [3.05, 3.63) is 71.0 Å². The van der Waals surface area contributed by atoms with Crippen LogP contribution in [-0.4, -0.2) is 13.6 Å². The fraction of sp³-hybridized carbons (Fsp3) is 0.333. The zero-order chi connectivity index (χ0) is 14.7. The predicted octanol–water partition coefficient (Wildman–Crippen LogP) is 3.60. The molecule has 110 valence electrons. The van der Waals surface area contributed by atoms with Crippen LogP contribution in [0.25, 0.3) is 0 Å². The molecule has 1 atom stereocenters. The van der Waals surface area contributed by atoms with Crippen molar-refractivity contribution >= 4 is 0 Å². The van der Waals surface area contributed by atoms with Gasteiger partial charge in [-0.1, -0.05) is 36.4 Å². The number of benzene rings is 2. The molecular weight excluding hydrogens is 265 g/mol. The molecule has 1 unspecified atom stereocenters. The lowest BCUT2D eigenvalue weighted by Crippen LogP contribution is -2.28. The lowest BCUT2D eigenvalue weighted by atomic mass is 9.82. The molecule has 2 aromatic rings. The molecule has 1 N–H and O–H groups in total. The van der Waals surface area contributed by atoms with Gasteiger partial charge in [0, 0.05) is 0 Å². The number of halogens is 1. The van der Waals surface area contributed by atoms with E-state index in [1.54, 1.807) is 0 Å². The standard InChI is InChI=1S/C18H20FNO/c1-20-12-4-11-18(15-7-9-16(19)10-8-15)17-6-3-2-5-14(17)13-21-18/h2-3,5-10,20H,4,11-13H2,1H3. The molecule has 3 heteroatoms. The second kappa shape index (κ2) is 5.96. The van der Waals surface area contributed by atoms with E-state index in [0.717, 1.165) is 24.9 Å². The summed E-state index contributed by atoms with van der Waals surface area (Å²) in [4.78, 5) is 0. The third-order valence-corrected chi connectivity index (χ3v) is 4.19. The van der Waals surface area contributed by atoms with Crippen molar-refractivity contribution in [1.29, 1.82) is 0 Å². The topological polar surface area (TPSA) is 21.3 Å². The maximum Gasteiger partial charge on any atom is 0.123 e. The van der Waals surface area contributed by atoms with Crippen LogP contribution in [0.3, 0.4) is 0 Å². The molecule has 0 aliphatic carbocycles. The van der Waals surface area contributed by atoms with Crippen LogP contribution in [0.15, 0.2) is 48.5 Å². The van der Waals surface area contributed by atoms with Gasteiger partial charge in [-0.3, -0.25) is 0 Å². The van der Waals surface area contributed by atoms with E-state index in [1.165, 1.54) is 23.3 Å². The van der Waals surface area contributed by atoms with Gasteiger partial charge in [-0.15, -0.1) is 0 Å². The fourth-order valence-corrected chi connectivity index (χ4v) is 3.14. The lowest BCUT2D eigenvalue weighted by Gasteiger charge is -2.30. The minimum atomic E-state index is -0.443. The maximum atomic E-state index is 13.3. The van der Waals surface area contributed by atoms with Crippen molar-refractivity contribution in [2.45, 2.75) is 25.0 Å². The molecule has 3 rings (SSSR count). The zero-order valence-electron chi connectivity index (χ0n) is 12.2. The summed E-state index contributed by atoms with van der Waals surface area (Å²) >= 11 is 0. The van der Waals surface area contributed by atoms with Crippen LogP contribution in [0, 0.1) is 5.82 Å². The predicted molar refractivity (Wildman–Crippen MR) is 81.6 cm³/mol. The van der Waals surface area contributed by atoms with Crippen LogP contribution in [0.2, 0.25) is 0 Å². The maximum absolute atomic E-state index is 13.3. The van der Waals surface area contributed by atoms with E-state index in [-0.39, 0.29) is 5.82 Å². The quantitative estimate of drug-likeness (QED) is 0.848. The summed E-state index contributed by atoms with van der Waals surface area (Å²) in [6, 6.07) is 15.0. The fourth-order valence-electron chi connectivity index (χ4n) is 3.14. The highest BCUT2D eigenvalue weighted by molar-refractivity contribution is 5.44. The van der Waals surface area contributed by atoms with Gasteiger partial charge in [0.2, 0.25) is 0 Å². The van der Waals surface area contributed by atoms with Gasteiger partial charge in [0.05, 0.1) is 6.61 Å². The van der Waals surface area contributed by atoms with Gasteiger partial charge in [-0.25, -0.2) is 4.39 Å². The van der Waals surface area contributed by atoms with Crippen LogP contribution in [0.1, 0.15) is 29.5 Å². The Morgan fingerprint density at radius 2 is 1.90 bits per heavy atom. The molecule has 0 fully saturated rings. The molecule has 0 saturated carbocycles. The molecule has 0 radical (unpaired) electrons. The first-order chi connectivity index (χ1) is 10.3. The zero-order valence-corrected chi connectivity index (χ0v) is 12.2. The van der Waals surface area contributed by atoms with Crippen molar-refractivity contribution in [3.63, 3.8) is 0 Å². The summed E-state index contributed by atoms with van der Waals surface area (Å²) in [5.41, 5.74) is 3.03. The summed E-state index contributed by atoms with van der Waals surface area (Å²) < 4.78 is 19.5. The van der Waals surface area contributed by atoms with Gasteiger partial charge in [0.1, 0.15) is 11.4 Å². The van der Waals surface area contributed by atoms with E-state index in [1.807, 2.05) is 31.3 Å². The highest BCUT2D eigenvalue weighted by Gasteiger charge is 2.40. The second-order valence-corrected chi connectivity index (χ2v) is 5.49. The molecule has 1 heterocycles. The minimum absolute atomic E-state index is 0.213. The Hall–Kier alpha value is -1.71. The first kappa shape index (κ1) is 14.2. The summed E-state index contributed by atoms with van der Waals surface area (Å²) in [5, 5.41) is 3.18. The number of rotatable bonds is 5. The van der Waals surface area contributed by atoms with E-state index in [9.17, 15) is 4.39 Å². The SMILES string of the molecule is CNCCCC1(c2ccc(F)cc2)OCc2ccccc21. The van der Waals surface area contributed by atoms with Crippen molar-refractivity contribution in [2.75, 3.05) is 13.6 Å². The van der Waals surface area contributed by atoms with Crippen molar-refractivity contribution < 1.29 is 9.13 Å². The summed E-state index contributed by atoms with van der Waals surface area (Å²) in [7, 11) is 1.95. The normalized spacial score (nSPS) is 20.5. The Kier molecular flexibility index (Phi) is 4.04.